The van der Waals surface area contributed by atoms with E-state index >= 15 is 0 Å². The van der Waals surface area contributed by atoms with Crippen LogP contribution in [0, 0.1) is 0 Å². The van der Waals surface area contributed by atoms with Gasteiger partial charge in [-0.3, -0.25) is 14.2 Å². The van der Waals surface area contributed by atoms with Gasteiger partial charge in [0.2, 0.25) is 5.91 Å². The van der Waals surface area contributed by atoms with Gasteiger partial charge in [0.1, 0.15) is 4.83 Å². The third-order valence-electron chi connectivity index (χ3n) is 3.10. The van der Waals surface area contributed by atoms with Crippen LogP contribution in [0.4, 0.5) is 0 Å². The van der Waals surface area contributed by atoms with Gasteiger partial charge >= 0.3 is 0 Å². The van der Waals surface area contributed by atoms with Gasteiger partial charge in [-0.05, 0) is 12.5 Å². The Kier molecular flexibility index (Phi) is 6.18. The zero-order valence-electron chi connectivity index (χ0n) is 13.0. The molecule has 7 heteroatoms. The second kappa shape index (κ2) is 8.12. The maximum atomic E-state index is 12.6. The fraction of sp³-hybridized carbons (Fsp3) is 0.312. The molecule has 0 fully saturated rings. The minimum Gasteiger partial charge on any atom is -0.352 e. The van der Waals surface area contributed by atoms with Crippen molar-refractivity contribution in [2.45, 2.75) is 25.0 Å². The van der Waals surface area contributed by atoms with Gasteiger partial charge in [0.25, 0.3) is 5.56 Å². The highest BCUT2D eigenvalue weighted by molar-refractivity contribution is 7.99. The van der Waals surface area contributed by atoms with E-state index < -0.39 is 0 Å². The van der Waals surface area contributed by atoms with Crippen molar-refractivity contribution in [1.82, 2.24) is 14.9 Å². The Balaban J connectivity index is 2.34. The van der Waals surface area contributed by atoms with E-state index in [-0.39, 0.29) is 17.2 Å². The number of nitrogens with zero attached hydrogens (tertiary/aromatic N) is 2. The van der Waals surface area contributed by atoms with Gasteiger partial charge in [-0.15, -0.1) is 24.5 Å². The molecule has 23 heavy (non-hydrogen) atoms. The van der Waals surface area contributed by atoms with Crippen molar-refractivity contribution in [3.63, 3.8) is 0 Å². The molecule has 0 radical (unpaired) electrons. The number of amides is 1. The number of thioether (sulfide) groups is 1. The summed E-state index contributed by atoms with van der Waals surface area (Å²) in [6.45, 7) is 10.1. The van der Waals surface area contributed by atoms with E-state index in [2.05, 4.69) is 23.5 Å². The number of allylic oxidation sites excluding steroid dienone is 1. The van der Waals surface area contributed by atoms with E-state index in [0.717, 1.165) is 16.1 Å². The highest BCUT2D eigenvalue weighted by Gasteiger charge is 2.14. The molecule has 0 saturated heterocycles. The van der Waals surface area contributed by atoms with Crippen molar-refractivity contribution in [1.29, 1.82) is 0 Å². The Morgan fingerprint density at radius 3 is 2.91 bits per heavy atom. The molecule has 2 aromatic rings. The summed E-state index contributed by atoms with van der Waals surface area (Å²) in [7, 11) is 0. The largest absolute Gasteiger partial charge is 0.352 e. The van der Waals surface area contributed by atoms with Gasteiger partial charge in [0.05, 0.1) is 11.1 Å². The molecule has 1 amide bonds. The minimum atomic E-state index is -0.116. The smallest absolute Gasteiger partial charge is 0.263 e. The molecule has 122 valence electrons. The lowest BCUT2D eigenvalue weighted by Crippen LogP contribution is -2.26. The molecule has 5 nitrogen and oxygen atoms in total. The fourth-order valence-corrected chi connectivity index (χ4v) is 3.84. The number of hydrogen-bond donors (Lipinski definition) is 1. The fourth-order valence-electron chi connectivity index (χ4n) is 1.99. The highest BCUT2D eigenvalue weighted by atomic mass is 32.2. The Morgan fingerprint density at radius 1 is 1.48 bits per heavy atom. The lowest BCUT2D eigenvalue weighted by molar-refractivity contribution is -0.118. The number of carbonyl (C=O) groups is 1. The minimum absolute atomic E-state index is 0.0835. The first-order chi connectivity index (χ1) is 11.1. The van der Waals surface area contributed by atoms with Gasteiger partial charge in [-0.2, -0.15) is 0 Å². The van der Waals surface area contributed by atoms with Gasteiger partial charge in [0, 0.05) is 18.0 Å². The third-order valence-corrected chi connectivity index (χ3v) is 5.25. The second-order valence-electron chi connectivity index (χ2n) is 4.77. The molecule has 0 atom stereocenters. The van der Waals surface area contributed by atoms with Crippen molar-refractivity contribution in [2.75, 3.05) is 12.3 Å². The lowest BCUT2D eigenvalue weighted by atomic mass is 10.3. The first-order valence-electron chi connectivity index (χ1n) is 7.25. The Hall–Kier alpha value is -1.86. The number of thiophene rings is 1. The molecule has 2 rings (SSSR count). The van der Waals surface area contributed by atoms with E-state index in [9.17, 15) is 9.59 Å². The maximum absolute atomic E-state index is 12.6. The molecule has 0 bridgehead atoms. The van der Waals surface area contributed by atoms with Crippen molar-refractivity contribution in [3.05, 3.63) is 46.6 Å². The summed E-state index contributed by atoms with van der Waals surface area (Å²) in [5.74, 6) is 0.0874. The van der Waals surface area contributed by atoms with Crippen LogP contribution < -0.4 is 10.9 Å². The van der Waals surface area contributed by atoms with Crippen LogP contribution in [0.15, 0.2) is 41.3 Å². The number of aryl methyl sites for hydroxylation is 1. The van der Waals surface area contributed by atoms with Gasteiger partial charge < -0.3 is 5.32 Å². The van der Waals surface area contributed by atoms with Crippen molar-refractivity contribution in [2.24, 2.45) is 0 Å². The van der Waals surface area contributed by atoms with Crippen LogP contribution in [0.5, 0.6) is 0 Å². The zero-order chi connectivity index (χ0) is 16.8. The summed E-state index contributed by atoms with van der Waals surface area (Å²) in [5, 5.41) is 3.88. The van der Waals surface area contributed by atoms with Crippen LogP contribution in [0.2, 0.25) is 0 Å². The molecule has 0 saturated carbocycles. The number of aromatic nitrogens is 2. The molecule has 2 aromatic heterocycles. The molecule has 0 aliphatic rings. The monoisotopic (exact) mass is 349 g/mol. The van der Waals surface area contributed by atoms with E-state index in [1.54, 1.807) is 16.7 Å². The number of nitrogens with one attached hydrogen (secondary N) is 1. The van der Waals surface area contributed by atoms with Crippen LogP contribution in [-0.4, -0.2) is 27.8 Å². The summed E-state index contributed by atoms with van der Waals surface area (Å²) in [5.41, 5.74) is -0.0835. The first-order valence-corrected chi connectivity index (χ1v) is 9.05. The molecular formula is C16H19N3O2S2. The number of carbonyl (C=O) groups excluding carboxylic acids is 1. The summed E-state index contributed by atoms with van der Waals surface area (Å²) in [6.07, 6.45) is 4.15. The molecule has 2 heterocycles. The lowest BCUT2D eigenvalue weighted by Gasteiger charge is -2.09. The second-order valence-corrected chi connectivity index (χ2v) is 6.82. The quantitative estimate of drug-likeness (QED) is 0.452. The van der Waals surface area contributed by atoms with E-state index in [1.807, 2.05) is 13.0 Å². The summed E-state index contributed by atoms with van der Waals surface area (Å²) < 4.78 is 1.56. The van der Waals surface area contributed by atoms with Gasteiger partial charge in [-0.1, -0.05) is 30.8 Å². The Bertz CT molecular complexity index is 792. The highest BCUT2D eigenvalue weighted by Crippen LogP contribution is 2.25. The predicted molar refractivity (Wildman–Crippen MR) is 97.4 cm³/mol. The number of rotatable bonds is 8. The molecule has 0 spiro atoms. The van der Waals surface area contributed by atoms with E-state index in [4.69, 9.17) is 0 Å². The van der Waals surface area contributed by atoms with Crippen LogP contribution in [0.3, 0.4) is 0 Å². The van der Waals surface area contributed by atoms with E-state index in [1.165, 1.54) is 23.1 Å². The number of hydrogen-bond acceptors (Lipinski definition) is 5. The normalized spacial score (nSPS) is 10.7. The first kappa shape index (κ1) is 17.5. The number of fused-ring (bicyclic) bond motifs is 1. The van der Waals surface area contributed by atoms with Crippen molar-refractivity contribution >= 4 is 39.2 Å². The van der Waals surface area contributed by atoms with Crippen LogP contribution >= 0.6 is 23.1 Å². The summed E-state index contributed by atoms with van der Waals surface area (Å²) in [6, 6.07) is 1.90. The van der Waals surface area contributed by atoms with E-state index in [0.29, 0.717) is 23.6 Å². The topological polar surface area (TPSA) is 64.0 Å². The molecule has 0 aliphatic carbocycles. The third kappa shape index (κ3) is 4.11. The van der Waals surface area contributed by atoms with Gasteiger partial charge in [0.15, 0.2) is 5.16 Å². The molecule has 1 N–H and O–H groups in total. The maximum Gasteiger partial charge on any atom is 0.263 e. The molecule has 0 aliphatic heterocycles. The predicted octanol–water partition coefficient (Wildman–Crippen LogP) is 2.60. The van der Waals surface area contributed by atoms with Gasteiger partial charge in [-0.25, -0.2) is 4.98 Å². The summed E-state index contributed by atoms with van der Waals surface area (Å²) >= 11 is 2.78. The average Bonchev–Trinajstić information content (AvgIpc) is 2.97. The van der Waals surface area contributed by atoms with Crippen LogP contribution in [-0.2, 0) is 17.8 Å². The Labute approximate surface area is 143 Å². The van der Waals surface area contributed by atoms with Crippen LogP contribution in [0.1, 0.15) is 11.8 Å². The average molecular weight is 349 g/mol. The summed E-state index contributed by atoms with van der Waals surface area (Å²) in [4.78, 5) is 30.8. The SMILES string of the molecule is C=CCNC(=O)CSc1nc2sc(CC)cc2c(=O)n1CC=C. The standard InChI is InChI=1S/C16H19N3O2S2/c1-4-7-17-13(20)10-22-16-18-14-12(9-11(6-3)23-14)15(21)19(16)8-5-2/h4-5,9H,1-2,6-8,10H2,3H3,(H,17,20). The molecule has 0 unspecified atom stereocenters. The Morgan fingerprint density at radius 2 is 2.26 bits per heavy atom. The van der Waals surface area contributed by atoms with Crippen molar-refractivity contribution < 1.29 is 4.79 Å². The van der Waals surface area contributed by atoms with Crippen molar-refractivity contribution in [3.8, 4) is 0 Å². The molecular weight excluding hydrogens is 330 g/mol. The van der Waals surface area contributed by atoms with Crippen LogP contribution in [0.25, 0.3) is 10.2 Å². The molecule has 0 aromatic carbocycles. The zero-order valence-corrected chi connectivity index (χ0v) is 14.6.